The van der Waals surface area contributed by atoms with Gasteiger partial charge in [0.2, 0.25) is 0 Å². The van der Waals surface area contributed by atoms with Crippen molar-refractivity contribution >= 4 is 5.91 Å². The van der Waals surface area contributed by atoms with Gasteiger partial charge in [-0.25, -0.2) is 4.39 Å². The number of ether oxygens (including phenoxy) is 2. The normalized spacial score (nSPS) is 19.5. The van der Waals surface area contributed by atoms with Crippen molar-refractivity contribution < 1.29 is 18.7 Å². The van der Waals surface area contributed by atoms with Gasteiger partial charge in [-0.1, -0.05) is 18.6 Å². The van der Waals surface area contributed by atoms with E-state index >= 15 is 4.39 Å². The van der Waals surface area contributed by atoms with Gasteiger partial charge in [0, 0.05) is 19.1 Å². The Bertz CT molecular complexity index is 927. The Labute approximate surface area is 183 Å². The monoisotopic (exact) mass is 426 g/mol. The van der Waals surface area contributed by atoms with Gasteiger partial charge in [0.15, 0.2) is 11.5 Å². The molecule has 166 valence electrons. The third-order valence-corrected chi connectivity index (χ3v) is 6.47. The SMILES string of the molecule is COc1ccc(-c2ccc(C(=O)N3CCCC3CN3CCCCC3)c(F)c2)cc1OC. The van der Waals surface area contributed by atoms with Gasteiger partial charge >= 0.3 is 0 Å². The maximum atomic E-state index is 15.0. The summed E-state index contributed by atoms with van der Waals surface area (Å²) < 4.78 is 25.7. The van der Waals surface area contributed by atoms with E-state index in [9.17, 15) is 4.79 Å². The maximum Gasteiger partial charge on any atom is 0.257 e. The zero-order valence-electron chi connectivity index (χ0n) is 18.4. The Morgan fingerprint density at radius 2 is 1.65 bits per heavy atom. The molecule has 0 radical (unpaired) electrons. The summed E-state index contributed by atoms with van der Waals surface area (Å²) in [6.07, 6.45) is 5.73. The quantitative estimate of drug-likeness (QED) is 0.677. The van der Waals surface area contributed by atoms with Crippen molar-refractivity contribution in [1.82, 2.24) is 9.80 Å². The average molecular weight is 427 g/mol. The predicted molar refractivity (Wildman–Crippen MR) is 119 cm³/mol. The molecule has 0 aliphatic carbocycles. The number of hydrogen-bond acceptors (Lipinski definition) is 4. The number of methoxy groups -OCH3 is 2. The van der Waals surface area contributed by atoms with E-state index in [-0.39, 0.29) is 17.5 Å². The summed E-state index contributed by atoms with van der Waals surface area (Å²) >= 11 is 0. The number of nitrogens with zero attached hydrogens (tertiary/aromatic N) is 2. The van der Waals surface area contributed by atoms with Gasteiger partial charge in [-0.05, 0) is 74.2 Å². The molecule has 2 aromatic carbocycles. The summed E-state index contributed by atoms with van der Waals surface area (Å²) in [4.78, 5) is 17.5. The van der Waals surface area contributed by atoms with E-state index in [1.807, 2.05) is 17.0 Å². The molecule has 2 heterocycles. The van der Waals surface area contributed by atoms with Crippen LogP contribution in [0.2, 0.25) is 0 Å². The molecule has 0 aromatic heterocycles. The standard InChI is InChI=1S/C25H31FN2O3/c1-30-23-11-9-19(16-24(23)31-2)18-8-10-21(22(26)15-18)25(29)28-14-6-7-20(28)17-27-12-4-3-5-13-27/h8-11,15-16,20H,3-7,12-14,17H2,1-2H3. The minimum Gasteiger partial charge on any atom is -0.493 e. The molecular formula is C25H31FN2O3. The van der Waals surface area contributed by atoms with Crippen molar-refractivity contribution in [2.45, 2.75) is 38.1 Å². The van der Waals surface area contributed by atoms with Crippen LogP contribution >= 0.6 is 0 Å². The number of carbonyl (C=O) groups is 1. The summed E-state index contributed by atoms with van der Waals surface area (Å²) in [5.41, 5.74) is 1.65. The molecule has 2 aliphatic rings. The third kappa shape index (κ3) is 4.69. The van der Waals surface area contributed by atoms with Crippen LogP contribution in [0, 0.1) is 5.82 Å². The molecular weight excluding hydrogens is 395 g/mol. The van der Waals surface area contributed by atoms with Gasteiger partial charge in [-0.15, -0.1) is 0 Å². The highest BCUT2D eigenvalue weighted by Crippen LogP contribution is 2.33. The van der Waals surface area contributed by atoms with Gasteiger partial charge in [-0.3, -0.25) is 4.79 Å². The molecule has 1 unspecified atom stereocenters. The lowest BCUT2D eigenvalue weighted by Crippen LogP contribution is -2.44. The first kappa shape index (κ1) is 21.6. The minimum atomic E-state index is -0.485. The van der Waals surface area contributed by atoms with Crippen LogP contribution in [-0.4, -0.2) is 62.1 Å². The molecule has 2 aromatic rings. The van der Waals surface area contributed by atoms with E-state index in [0.29, 0.717) is 23.6 Å². The van der Waals surface area contributed by atoms with Gasteiger partial charge in [0.1, 0.15) is 5.82 Å². The Morgan fingerprint density at radius 3 is 2.35 bits per heavy atom. The van der Waals surface area contributed by atoms with Crippen LogP contribution in [0.5, 0.6) is 11.5 Å². The average Bonchev–Trinajstić information content (AvgIpc) is 3.26. The number of benzene rings is 2. The Morgan fingerprint density at radius 1 is 0.935 bits per heavy atom. The number of piperidine rings is 1. The first-order valence-corrected chi connectivity index (χ1v) is 11.2. The van der Waals surface area contributed by atoms with Crippen molar-refractivity contribution in [3.63, 3.8) is 0 Å². The van der Waals surface area contributed by atoms with Gasteiger partial charge < -0.3 is 19.3 Å². The lowest BCUT2D eigenvalue weighted by atomic mass is 10.0. The molecule has 0 spiro atoms. The van der Waals surface area contributed by atoms with Crippen LogP contribution in [0.1, 0.15) is 42.5 Å². The van der Waals surface area contributed by atoms with E-state index in [1.165, 1.54) is 25.3 Å². The van der Waals surface area contributed by atoms with E-state index in [2.05, 4.69) is 4.90 Å². The zero-order chi connectivity index (χ0) is 21.8. The Hall–Kier alpha value is -2.60. The second kappa shape index (κ2) is 9.69. The van der Waals surface area contributed by atoms with Crippen molar-refractivity contribution in [2.24, 2.45) is 0 Å². The maximum absolute atomic E-state index is 15.0. The predicted octanol–water partition coefficient (Wildman–Crippen LogP) is 4.60. The second-order valence-corrected chi connectivity index (χ2v) is 8.42. The van der Waals surface area contributed by atoms with Gasteiger partial charge in [0.05, 0.1) is 19.8 Å². The summed E-state index contributed by atoms with van der Waals surface area (Å²) in [7, 11) is 3.15. The van der Waals surface area contributed by atoms with Crippen LogP contribution in [0.4, 0.5) is 4.39 Å². The molecule has 2 saturated heterocycles. The first-order valence-electron chi connectivity index (χ1n) is 11.2. The molecule has 4 rings (SSSR count). The fourth-order valence-electron chi connectivity index (χ4n) is 4.77. The Kier molecular flexibility index (Phi) is 6.76. The summed E-state index contributed by atoms with van der Waals surface area (Å²) in [6, 6.07) is 10.5. The highest BCUT2D eigenvalue weighted by atomic mass is 19.1. The molecule has 6 heteroatoms. The number of hydrogen-bond donors (Lipinski definition) is 0. The van der Waals surface area contributed by atoms with Crippen molar-refractivity contribution in [2.75, 3.05) is 40.4 Å². The van der Waals surface area contributed by atoms with Crippen LogP contribution in [0.25, 0.3) is 11.1 Å². The van der Waals surface area contributed by atoms with Crippen LogP contribution in [0.3, 0.4) is 0 Å². The molecule has 0 bridgehead atoms. The number of amides is 1. The molecule has 5 nitrogen and oxygen atoms in total. The van der Waals surface area contributed by atoms with Crippen molar-refractivity contribution in [3.8, 4) is 22.6 Å². The molecule has 31 heavy (non-hydrogen) atoms. The third-order valence-electron chi connectivity index (χ3n) is 6.47. The topological polar surface area (TPSA) is 42.0 Å². The van der Waals surface area contributed by atoms with Crippen LogP contribution in [-0.2, 0) is 0 Å². The van der Waals surface area contributed by atoms with E-state index in [4.69, 9.17) is 9.47 Å². The zero-order valence-corrected chi connectivity index (χ0v) is 18.4. The molecule has 1 atom stereocenters. The molecule has 1 amide bonds. The number of rotatable bonds is 6. The van der Waals surface area contributed by atoms with E-state index in [1.54, 1.807) is 32.4 Å². The fraction of sp³-hybridized carbons (Fsp3) is 0.480. The number of carbonyl (C=O) groups excluding carboxylic acids is 1. The summed E-state index contributed by atoms with van der Waals surface area (Å²) in [5.74, 6) is 0.516. The highest BCUT2D eigenvalue weighted by molar-refractivity contribution is 5.95. The fourth-order valence-corrected chi connectivity index (χ4v) is 4.77. The molecule has 2 aliphatic heterocycles. The second-order valence-electron chi connectivity index (χ2n) is 8.42. The minimum absolute atomic E-state index is 0.148. The van der Waals surface area contributed by atoms with Gasteiger partial charge in [-0.2, -0.15) is 0 Å². The van der Waals surface area contributed by atoms with Crippen molar-refractivity contribution in [1.29, 1.82) is 0 Å². The van der Waals surface area contributed by atoms with E-state index in [0.717, 1.165) is 38.0 Å². The van der Waals surface area contributed by atoms with Gasteiger partial charge in [0.25, 0.3) is 5.91 Å². The molecule has 0 saturated carbocycles. The molecule has 0 N–H and O–H groups in total. The largest absolute Gasteiger partial charge is 0.493 e. The summed E-state index contributed by atoms with van der Waals surface area (Å²) in [5, 5.41) is 0. The lowest BCUT2D eigenvalue weighted by molar-refractivity contribution is 0.0686. The van der Waals surface area contributed by atoms with Crippen LogP contribution < -0.4 is 9.47 Å². The number of halogens is 1. The van der Waals surface area contributed by atoms with Crippen LogP contribution in [0.15, 0.2) is 36.4 Å². The lowest BCUT2D eigenvalue weighted by Gasteiger charge is -2.33. The number of likely N-dealkylation sites (tertiary alicyclic amines) is 2. The first-order chi connectivity index (χ1) is 15.1. The Balaban J connectivity index is 1.51. The molecule has 2 fully saturated rings. The van der Waals surface area contributed by atoms with Crippen molar-refractivity contribution in [3.05, 3.63) is 47.8 Å². The smallest absolute Gasteiger partial charge is 0.257 e. The summed E-state index contributed by atoms with van der Waals surface area (Å²) in [6.45, 7) is 3.81. The van der Waals surface area contributed by atoms with E-state index < -0.39 is 5.82 Å². The highest BCUT2D eigenvalue weighted by Gasteiger charge is 2.32.